The van der Waals surface area contributed by atoms with Crippen molar-refractivity contribution in [1.82, 2.24) is 0 Å². The first kappa shape index (κ1) is 7.73. The minimum Gasteiger partial charge on any atom is -0.508 e. The Hall–Kier alpha value is -1.90. The van der Waals surface area contributed by atoms with E-state index in [0.29, 0.717) is 10.8 Å². The molecule has 3 N–H and O–H groups in total. The van der Waals surface area contributed by atoms with E-state index in [1.165, 1.54) is 18.2 Å². The van der Waals surface area contributed by atoms with Gasteiger partial charge in [0.25, 0.3) is 0 Å². The van der Waals surface area contributed by atoms with Gasteiger partial charge in [-0.15, -0.1) is 0 Å². The summed E-state index contributed by atoms with van der Waals surface area (Å²) in [6.45, 7) is 0. The van der Waals surface area contributed by atoms with Gasteiger partial charge in [0.2, 0.25) is 0 Å². The number of phenolic OH excluding ortho intramolecular Hbond substituents is 3. The van der Waals surface area contributed by atoms with Crippen LogP contribution in [0.4, 0.5) is 0 Å². The van der Waals surface area contributed by atoms with Crippen molar-refractivity contribution in [2.45, 2.75) is 0 Å². The minimum atomic E-state index is -0.155. The summed E-state index contributed by atoms with van der Waals surface area (Å²) < 4.78 is 0. The molecule has 3 heteroatoms. The molecule has 0 aliphatic heterocycles. The number of benzene rings is 2. The standard InChI is InChI=1S/C10H8O3/c11-7-2-3-8-6(5-7)1-4-9(12)10(8)13/h1-5,11-13H. The van der Waals surface area contributed by atoms with Crippen LogP contribution in [0.1, 0.15) is 0 Å². The first-order chi connectivity index (χ1) is 6.18. The number of fused-ring (bicyclic) bond motifs is 1. The van der Waals surface area contributed by atoms with Crippen molar-refractivity contribution < 1.29 is 15.3 Å². The summed E-state index contributed by atoms with van der Waals surface area (Å²) in [5.41, 5.74) is 0. The zero-order valence-corrected chi connectivity index (χ0v) is 6.73. The Bertz CT molecular complexity index is 463. The Morgan fingerprint density at radius 3 is 2.38 bits per heavy atom. The van der Waals surface area contributed by atoms with Crippen molar-refractivity contribution in [2.24, 2.45) is 0 Å². The molecule has 0 heterocycles. The maximum Gasteiger partial charge on any atom is 0.165 e. The van der Waals surface area contributed by atoms with Crippen LogP contribution >= 0.6 is 0 Å². The first-order valence-electron chi connectivity index (χ1n) is 3.82. The predicted octanol–water partition coefficient (Wildman–Crippen LogP) is 1.96. The highest BCUT2D eigenvalue weighted by molar-refractivity contribution is 5.91. The van der Waals surface area contributed by atoms with Gasteiger partial charge in [0.05, 0.1) is 0 Å². The third kappa shape index (κ3) is 1.14. The lowest BCUT2D eigenvalue weighted by Crippen LogP contribution is -1.74. The second-order valence-electron chi connectivity index (χ2n) is 2.84. The Morgan fingerprint density at radius 2 is 1.62 bits per heavy atom. The molecule has 0 spiro atoms. The van der Waals surface area contributed by atoms with E-state index in [0.717, 1.165) is 0 Å². The van der Waals surface area contributed by atoms with Crippen molar-refractivity contribution in [3.05, 3.63) is 30.3 Å². The maximum atomic E-state index is 9.42. The third-order valence-corrected chi connectivity index (χ3v) is 1.95. The fourth-order valence-corrected chi connectivity index (χ4v) is 1.29. The average molecular weight is 176 g/mol. The fraction of sp³-hybridized carbons (Fsp3) is 0. The Labute approximate surface area is 74.5 Å². The lowest BCUT2D eigenvalue weighted by molar-refractivity contribution is 0.408. The Morgan fingerprint density at radius 1 is 0.846 bits per heavy atom. The number of hydrogen-bond donors (Lipinski definition) is 3. The Kier molecular flexibility index (Phi) is 1.52. The van der Waals surface area contributed by atoms with E-state index >= 15 is 0 Å². The van der Waals surface area contributed by atoms with Gasteiger partial charge in [-0.1, -0.05) is 6.07 Å². The van der Waals surface area contributed by atoms with Crippen LogP contribution in [0.3, 0.4) is 0 Å². The van der Waals surface area contributed by atoms with Crippen LogP contribution < -0.4 is 0 Å². The van der Waals surface area contributed by atoms with Gasteiger partial charge in [-0.05, 0) is 29.7 Å². The van der Waals surface area contributed by atoms with Gasteiger partial charge in [0.1, 0.15) is 5.75 Å². The summed E-state index contributed by atoms with van der Waals surface area (Å²) in [5.74, 6) is -0.173. The van der Waals surface area contributed by atoms with Crippen LogP contribution in [0.25, 0.3) is 10.8 Å². The molecule has 66 valence electrons. The molecule has 0 aliphatic rings. The van der Waals surface area contributed by atoms with Crippen molar-refractivity contribution in [3.8, 4) is 17.2 Å². The highest BCUT2D eigenvalue weighted by atomic mass is 16.3. The average Bonchev–Trinajstić information content (AvgIpc) is 2.12. The van der Waals surface area contributed by atoms with Crippen LogP contribution in [-0.4, -0.2) is 15.3 Å². The monoisotopic (exact) mass is 176 g/mol. The van der Waals surface area contributed by atoms with E-state index in [4.69, 9.17) is 5.11 Å². The highest BCUT2D eigenvalue weighted by Crippen LogP contribution is 2.34. The van der Waals surface area contributed by atoms with Gasteiger partial charge in [-0.3, -0.25) is 0 Å². The second kappa shape index (κ2) is 2.55. The number of aromatic hydroxyl groups is 3. The molecule has 2 aromatic carbocycles. The molecule has 0 saturated carbocycles. The molecular formula is C10H8O3. The van der Waals surface area contributed by atoms with Gasteiger partial charge < -0.3 is 15.3 Å². The third-order valence-electron chi connectivity index (χ3n) is 1.95. The number of phenols is 3. The van der Waals surface area contributed by atoms with E-state index in [1.54, 1.807) is 12.1 Å². The summed E-state index contributed by atoms with van der Waals surface area (Å²) in [6, 6.07) is 7.55. The predicted molar refractivity (Wildman–Crippen MR) is 48.9 cm³/mol. The van der Waals surface area contributed by atoms with Crippen molar-refractivity contribution >= 4 is 10.8 Å². The lowest BCUT2D eigenvalue weighted by atomic mass is 10.1. The molecule has 0 saturated heterocycles. The number of rotatable bonds is 0. The summed E-state index contributed by atoms with van der Waals surface area (Å²) in [7, 11) is 0. The molecule has 13 heavy (non-hydrogen) atoms. The maximum absolute atomic E-state index is 9.42. The lowest BCUT2D eigenvalue weighted by Gasteiger charge is -2.02. The van der Waals surface area contributed by atoms with Crippen molar-refractivity contribution in [2.75, 3.05) is 0 Å². The quantitative estimate of drug-likeness (QED) is 0.537. The van der Waals surface area contributed by atoms with Crippen LogP contribution in [0, 0.1) is 0 Å². The van der Waals surface area contributed by atoms with Crippen LogP contribution in [0.5, 0.6) is 17.2 Å². The molecule has 0 aromatic heterocycles. The molecule has 0 atom stereocenters. The molecule has 2 rings (SSSR count). The molecule has 0 aliphatic carbocycles. The van der Waals surface area contributed by atoms with Crippen LogP contribution in [0.2, 0.25) is 0 Å². The van der Waals surface area contributed by atoms with Gasteiger partial charge in [0, 0.05) is 5.39 Å². The molecule has 0 amide bonds. The molecule has 2 aromatic rings. The highest BCUT2D eigenvalue weighted by Gasteiger charge is 2.04. The summed E-state index contributed by atoms with van der Waals surface area (Å²) in [6.07, 6.45) is 0. The zero-order valence-electron chi connectivity index (χ0n) is 6.73. The second-order valence-corrected chi connectivity index (χ2v) is 2.84. The van der Waals surface area contributed by atoms with Crippen molar-refractivity contribution in [1.29, 1.82) is 0 Å². The minimum absolute atomic E-state index is 0.137. The van der Waals surface area contributed by atoms with Gasteiger partial charge in [-0.25, -0.2) is 0 Å². The van der Waals surface area contributed by atoms with Crippen LogP contribution in [0.15, 0.2) is 30.3 Å². The van der Waals surface area contributed by atoms with E-state index in [1.807, 2.05) is 0 Å². The zero-order chi connectivity index (χ0) is 9.42. The van der Waals surface area contributed by atoms with E-state index in [9.17, 15) is 10.2 Å². The Balaban J connectivity index is 2.87. The van der Waals surface area contributed by atoms with Crippen LogP contribution in [-0.2, 0) is 0 Å². The van der Waals surface area contributed by atoms with Crippen molar-refractivity contribution in [3.63, 3.8) is 0 Å². The van der Waals surface area contributed by atoms with E-state index < -0.39 is 0 Å². The molecular weight excluding hydrogens is 168 g/mol. The summed E-state index contributed by atoms with van der Waals surface area (Å²) in [5, 5.41) is 29.0. The summed E-state index contributed by atoms with van der Waals surface area (Å²) >= 11 is 0. The molecule has 0 fully saturated rings. The topological polar surface area (TPSA) is 60.7 Å². The molecule has 0 bridgehead atoms. The molecule has 0 radical (unpaired) electrons. The molecule has 0 unspecified atom stereocenters. The van der Waals surface area contributed by atoms with E-state index in [2.05, 4.69) is 0 Å². The molecule has 3 nitrogen and oxygen atoms in total. The first-order valence-corrected chi connectivity index (χ1v) is 3.82. The fourth-order valence-electron chi connectivity index (χ4n) is 1.29. The SMILES string of the molecule is Oc1ccc2c(O)c(O)ccc2c1. The smallest absolute Gasteiger partial charge is 0.165 e. The van der Waals surface area contributed by atoms with E-state index in [-0.39, 0.29) is 17.2 Å². The van der Waals surface area contributed by atoms with Gasteiger partial charge in [-0.2, -0.15) is 0 Å². The van der Waals surface area contributed by atoms with Gasteiger partial charge >= 0.3 is 0 Å². The normalized spacial score (nSPS) is 10.5. The number of hydrogen-bond acceptors (Lipinski definition) is 3. The largest absolute Gasteiger partial charge is 0.508 e. The van der Waals surface area contributed by atoms with Gasteiger partial charge in [0.15, 0.2) is 11.5 Å². The summed E-state index contributed by atoms with van der Waals surface area (Å²) in [4.78, 5) is 0.